The van der Waals surface area contributed by atoms with Crippen LogP contribution in [0, 0.1) is 0 Å². The van der Waals surface area contributed by atoms with Gasteiger partial charge in [-0.25, -0.2) is 4.79 Å². The third kappa shape index (κ3) is 3.23. The number of fused-ring (bicyclic) bond motifs is 3. The molecule has 0 fully saturated rings. The van der Waals surface area contributed by atoms with Gasteiger partial charge in [0.05, 0.1) is 0 Å². The Morgan fingerprint density at radius 1 is 1.35 bits per heavy atom. The molecular formula is C18H21NO4. The van der Waals surface area contributed by atoms with Gasteiger partial charge >= 0.3 is 5.63 Å². The van der Waals surface area contributed by atoms with Crippen LogP contribution in [0.25, 0.3) is 11.0 Å². The molecule has 2 aromatic rings. The van der Waals surface area contributed by atoms with Gasteiger partial charge < -0.3 is 14.5 Å². The average molecular weight is 315 g/mol. The van der Waals surface area contributed by atoms with Gasteiger partial charge in [-0.3, -0.25) is 4.79 Å². The average Bonchev–Trinajstić information content (AvgIpc) is 3.03. The molecule has 0 unspecified atom stereocenters. The molecule has 1 aliphatic rings. The van der Waals surface area contributed by atoms with Gasteiger partial charge in [0.15, 0.2) is 6.61 Å². The maximum Gasteiger partial charge on any atom is 0.339 e. The molecule has 0 spiro atoms. The molecule has 5 nitrogen and oxygen atoms in total. The lowest BCUT2D eigenvalue weighted by Gasteiger charge is -2.12. The van der Waals surface area contributed by atoms with Gasteiger partial charge in [-0.2, -0.15) is 0 Å². The van der Waals surface area contributed by atoms with Gasteiger partial charge in [0.1, 0.15) is 11.3 Å². The van der Waals surface area contributed by atoms with Gasteiger partial charge in [-0.1, -0.05) is 6.92 Å². The predicted octanol–water partition coefficient (Wildman–Crippen LogP) is 2.58. The summed E-state index contributed by atoms with van der Waals surface area (Å²) >= 11 is 0. The van der Waals surface area contributed by atoms with Crippen molar-refractivity contribution in [2.24, 2.45) is 0 Å². The van der Waals surface area contributed by atoms with Crippen molar-refractivity contribution in [1.82, 2.24) is 5.32 Å². The van der Waals surface area contributed by atoms with E-state index in [4.69, 9.17) is 9.15 Å². The summed E-state index contributed by atoms with van der Waals surface area (Å²) in [5.74, 6) is 0.368. The Balaban J connectivity index is 1.77. The Kier molecular flexibility index (Phi) is 4.37. The van der Waals surface area contributed by atoms with E-state index in [2.05, 4.69) is 5.32 Å². The lowest BCUT2D eigenvalue weighted by atomic mass is 10.1. The molecule has 1 aliphatic carbocycles. The lowest BCUT2D eigenvalue weighted by molar-refractivity contribution is -0.123. The number of nitrogens with one attached hydrogen (secondary N) is 1. The van der Waals surface area contributed by atoms with Crippen molar-refractivity contribution in [3.8, 4) is 5.75 Å². The molecule has 0 saturated carbocycles. The van der Waals surface area contributed by atoms with Gasteiger partial charge in [0.2, 0.25) is 0 Å². The van der Waals surface area contributed by atoms with Crippen LogP contribution >= 0.6 is 0 Å². The highest BCUT2D eigenvalue weighted by Gasteiger charge is 2.19. The number of aryl methyl sites for hydroxylation is 1. The Morgan fingerprint density at radius 3 is 2.91 bits per heavy atom. The second-order valence-electron chi connectivity index (χ2n) is 6.02. The van der Waals surface area contributed by atoms with E-state index >= 15 is 0 Å². The van der Waals surface area contributed by atoms with Crippen LogP contribution in [0.2, 0.25) is 0 Å². The van der Waals surface area contributed by atoms with Crippen LogP contribution in [0.1, 0.15) is 37.8 Å². The zero-order chi connectivity index (χ0) is 16.4. The Morgan fingerprint density at radius 2 is 2.13 bits per heavy atom. The Hall–Kier alpha value is -2.30. The number of carbonyl (C=O) groups is 1. The van der Waals surface area contributed by atoms with E-state index in [1.807, 2.05) is 26.0 Å². The molecule has 0 saturated heterocycles. The first-order chi connectivity index (χ1) is 11.1. The van der Waals surface area contributed by atoms with Crippen molar-refractivity contribution in [3.63, 3.8) is 0 Å². The van der Waals surface area contributed by atoms with Crippen molar-refractivity contribution in [2.45, 2.75) is 45.6 Å². The summed E-state index contributed by atoms with van der Waals surface area (Å²) in [7, 11) is 0. The van der Waals surface area contributed by atoms with E-state index in [0.29, 0.717) is 11.3 Å². The minimum atomic E-state index is -0.253. The molecule has 1 aromatic carbocycles. The van der Waals surface area contributed by atoms with Crippen LogP contribution in [0.4, 0.5) is 0 Å². The smallest absolute Gasteiger partial charge is 0.339 e. The molecule has 0 bridgehead atoms. The second kappa shape index (κ2) is 6.44. The molecule has 122 valence electrons. The third-order valence-corrected chi connectivity index (χ3v) is 4.33. The number of hydrogen-bond acceptors (Lipinski definition) is 4. The van der Waals surface area contributed by atoms with Gasteiger partial charge in [-0.05, 0) is 50.3 Å². The van der Waals surface area contributed by atoms with Gasteiger partial charge in [0, 0.05) is 23.1 Å². The van der Waals surface area contributed by atoms with Crippen LogP contribution in [0.15, 0.2) is 27.4 Å². The van der Waals surface area contributed by atoms with Crippen molar-refractivity contribution in [1.29, 1.82) is 0 Å². The summed E-state index contributed by atoms with van der Waals surface area (Å²) in [6, 6.07) is 5.54. The number of benzene rings is 1. The summed E-state index contributed by atoms with van der Waals surface area (Å²) in [4.78, 5) is 23.7. The van der Waals surface area contributed by atoms with E-state index in [1.54, 1.807) is 6.07 Å². The van der Waals surface area contributed by atoms with Crippen LogP contribution in [0.5, 0.6) is 5.75 Å². The topological polar surface area (TPSA) is 68.5 Å². The van der Waals surface area contributed by atoms with Crippen LogP contribution in [-0.2, 0) is 17.6 Å². The number of amides is 1. The SMILES string of the molecule is CC[C@@H](C)NC(=O)COc1ccc2c3c(c(=O)oc2c1)CCC3. The fourth-order valence-corrected chi connectivity index (χ4v) is 2.92. The minimum absolute atomic E-state index is 0.0506. The van der Waals surface area contributed by atoms with E-state index in [0.717, 1.165) is 42.2 Å². The predicted molar refractivity (Wildman–Crippen MR) is 87.9 cm³/mol. The third-order valence-electron chi connectivity index (χ3n) is 4.33. The normalized spacial score (nSPS) is 14.5. The molecule has 0 radical (unpaired) electrons. The van der Waals surface area contributed by atoms with Gasteiger partial charge in [-0.15, -0.1) is 0 Å². The maximum atomic E-state index is 12.0. The number of carbonyl (C=O) groups excluding carboxylic acids is 1. The first kappa shape index (κ1) is 15.6. The van der Waals surface area contributed by atoms with Crippen molar-refractivity contribution in [3.05, 3.63) is 39.7 Å². The highest BCUT2D eigenvalue weighted by Crippen LogP contribution is 2.29. The molecule has 1 N–H and O–H groups in total. The largest absolute Gasteiger partial charge is 0.484 e. The molecule has 1 atom stereocenters. The molecule has 1 amide bonds. The Bertz CT molecular complexity index is 793. The zero-order valence-electron chi connectivity index (χ0n) is 13.5. The van der Waals surface area contributed by atoms with Gasteiger partial charge in [0.25, 0.3) is 5.91 Å². The molecule has 1 aromatic heterocycles. The van der Waals surface area contributed by atoms with E-state index in [9.17, 15) is 9.59 Å². The zero-order valence-corrected chi connectivity index (χ0v) is 13.5. The first-order valence-electron chi connectivity index (χ1n) is 8.09. The number of rotatable bonds is 5. The van der Waals surface area contributed by atoms with Crippen LogP contribution in [-0.4, -0.2) is 18.6 Å². The number of hydrogen-bond donors (Lipinski definition) is 1. The molecular weight excluding hydrogens is 294 g/mol. The van der Waals surface area contributed by atoms with Crippen molar-refractivity contribution in [2.75, 3.05) is 6.61 Å². The molecule has 3 rings (SSSR count). The fraction of sp³-hybridized carbons (Fsp3) is 0.444. The summed E-state index contributed by atoms with van der Waals surface area (Å²) in [5.41, 5.74) is 2.17. The highest BCUT2D eigenvalue weighted by molar-refractivity contribution is 5.83. The van der Waals surface area contributed by atoms with Crippen LogP contribution < -0.4 is 15.7 Å². The minimum Gasteiger partial charge on any atom is -0.484 e. The highest BCUT2D eigenvalue weighted by atomic mass is 16.5. The summed E-state index contributed by atoms with van der Waals surface area (Å²) < 4.78 is 10.9. The second-order valence-corrected chi connectivity index (χ2v) is 6.02. The fourth-order valence-electron chi connectivity index (χ4n) is 2.92. The van der Waals surface area contributed by atoms with Crippen molar-refractivity contribution < 1.29 is 13.9 Å². The van der Waals surface area contributed by atoms with E-state index < -0.39 is 0 Å². The number of ether oxygens (including phenoxy) is 1. The Labute approximate surface area is 134 Å². The molecule has 0 aliphatic heterocycles. The van der Waals surface area contributed by atoms with E-state index in [-0.39, 0.29) is 24.2 Å². The van der Waals surface area contributed by atoms with Crippen LogP contribution in [0.3, 0.4) is 0 Å². The quantitative estimate of drug-likeness (QED) is 0.861. The van der Waals surface area contributed by atoms with E-state index in [1.165, 1.54) is 0 Å². The monoisotopic (exact) mass is 315 g/mol. The maximum absolute atomic E-state index is 12.0. The molecule has 23 heavy (non-hydrogen) atoms. The summed E-state index contributed by atoms with van der Waals surface area (Å²) in [6.07, 6.45) is 3.57. The first-order valence-corrected chi connectivity index (χ1v) is 8.09. The molecule has 1 heterocycles. The summed E-state index contributed by atoms with van der Waals surface area (Å²) in [5, 5.41) is 3.81. The van der Waals surface area contributed by atoms with Crippen molar-refractivity contribution >= 4 is 16.9 Å². The summed E-state index contributed by atoms with van der Waals surface area (Å²) in [6.45, 7) is 3.91. The standard InChI is InChI=1S/C18H21NO4/c1-3-11(2)19-17(20)10-22-12-7-8-14-13-5-4-6-15(13)18(21)23-16(14)9-12/h7-9,11H,3-6,10H2,1-2H3,(H,19,20)/t11-/m1/s1. The molecule has 5 heteroatoms. The lowest BCUT2D eigenvalue weighted by Crippen LogP contribution is -2.35.